The summed E-state index contributed by atoms with van der Waals surface area (Å²) in [5.74, 6) is 0.459. The molecule has 3 fully saturated rings. The number of hydrogen-bond acceptors (Lipinski definition) is 4. The van der Waals surface area contributed by atoms with E-state index in [-0.39, 0.29) is 29.4 Å². The van der Waals surface area contributed by atoms with Gasteiger partial charge in [-0.25, -0.2) is 9.97 Å². The Hall–Kier alpha value is -1.86. The Morgan fingerprint density at radius 3 is 2.52 bits per heavy atom. The van der Waals surface area contributed by atoms with Gasteiger partial charge >= 0.3 is 6.18 Å². The van der Waals surface area contributed by atoms with Crippen molar-refractivity contribution in [2.75, 3.05) is 11.4 Å². The molecule has 1 unspecified atom stereocenters. The summed E-state index contributed by atoms with van der Waals surface area (Å²) >= 11 is 0. The first kappa shape index (κ1) is 18.5. The highest BCUT2D eigenvalue weighted by molar-refractivity contribution is 5.79. The second-order valence-corrected chi connectivity index (χ2v) is 8.25. The molecular weight excluding hydrogens is 357 g/mol. The zero-order valence-electron chi connectivity index (χ0n) is 15.5. The molecule has 27 heavy (non-hydrogen) atoms. The Labute approximate surface area is 156 Å². The number of halogens is 3. The number of rotatable bonds is 3. The molecular formula is C19H25F3N4O. The minimum atomic E-state index is -4.48. The first-order valence-electron chi connectivity index (χ1n) is 9.78. The number of nitrogens with zero attached hydrogens (tertiary/aromatic N) is 3. The van der Waals surface area contributed by atoms with Crippen LogP contribution in [0.2, 0.25) is 0 Å². The molecule has 2 aliphatic carbocycles. The molecule has 1 spiro atoms. The maximum Gasteiger partial charge on any atom is 0.433 e. The van der Waals surface area contributed by atoms with Crippen LogP contribution in [-0.4, -0.2) is 34.0 Å². The van der Waals surface area contributed by atoms with Crippen LogP contribution in [0, 0.1) is 12.8 Å². The average molecular weight is 382 g/mol. The van der Waals surface area contributed by atoms with E-state index in [4.69, 9.17) is 0 Å². The third-order valence-corrected chi connectivity index (χ3v) is 6.38. The van der Waals surface area contributed by atoms with E-state index in [9.17, 15) is 18.0 Å². The highest BCUT2D eigenvalue weighted by Gasteiger charge is 2.48. The second-order valence-electron chi connectivity index (χ2n) is 8.25. The van der Waals surface area contributed by atoms with Crippen LogP contribution >= 0.6 is 0 Å². The molecule has 2 heterocycles. The number of aryl methyl sites for hydroxylation is 1. The van der Waals surface area contributed by atoms with E-state index in [2.05, 4.69) is 15.3 Å². The lowest BCUT2D eigenvalue weighted by molar-refractivity contribution is -0.141. The Morgan fingerprint density at radius 1 is 1.22 bits per heavy atom. The summed E-state index contributed by atoms with van der Waals surface area (Å²) in [6.45, 7) is 2.13. The fourth-order valence-corrected chi connectivity index (χ4v) is 4.50. The number of nitrogens with one attached hydrogen (secondary N) is 1. The van der Waals surface area contributed by atoms with Gasteiger partial charge in [-0.15, -0.1) is 0 Å². The van der Waals surface area contributed by atoms with Crippen molar-refractivity contribution in [1.82, 2.24) is 15.3 Å². The lowest BCUT2D eigenvalue weighted by Crippen LogP contribution is -2.62. The summed E-state index contributed by atoms with van der Waals surface area (Å²) in [5, 5.41) is 3.18. The first-order chi connectivity index (χ1) is 12.8. The third kappa shape index (κ3) is 3.50. The highest BCUT2D eigenvalue weighted by Crippen LogP contribution is 2.46. The fourth-order valence-electron chi connectivity index (χ4n) is 4.50. The van der Waals surface area contributed by atoms with Crippen molar-refractivity contribution in [3.63, 3.8) is 0 Å². The molecule has 1 amide bonds. The van der Waals surface area contributed by atoms with Gasteiger partial charge in [0.1, 0.15) is 5.69 Å². The lowest BCUT2D eigenvalue weighted by Gasteiger charge is -2.55. The van der Waals surface area contributed by atoms with Crippen LogP contribution in [0.5, 0.6) is 0 Å². The zero-order chi connectivity index (χ0) is 19.2. The topological polar surface area (TPSA) is 58.1 Å². The number of carbonyl (C=O) groups is 1. The molecule has 1 saturated heterocycles. The number of amides is 1. The van der Waals surface area contributed by atoms with Gasteiger partial charge in [-0.2, -0.15) is 13.2 Å². The molecule has 1 aromatic heterocycles. The summed E-state index contributed by atoms with van der Waals surface area (Å²) in [5.41, 5.74) is -0.797. The minimum absolute atomic E-state index is 0.0848. The molecule has 4 rings (SSSR count). The standard InChI is InChI=1S/C19H25F3N4O/c1-12-10-15(19(20,21)22)25-17(23-12)26-9-6-14(11-18(26)7-3-8-18)24-16(27)13-4-2-5-13/h10,13-14H,2-9,11H2,1H3,(H,24,27). The maximum absolute atomic E-state index is 13.2. The molecule has 148 valence electrons. The van der Waals surface area contributed by atoms with Gasteiger partial charge < -0.3 is 10.2 Å². The number of anilines is 1. The van der Waals surface area contributed by atoms with Crippen LogP contribution in [-0.2, 0) is 11.0 Å². The molecule has 0 bridgehead atoms. The quantitative estimate of drug-likeness (QED) is 0.868. The van der Waals surface area contributed by atoms with E-state index < -0.39 is 11.9 Å². The van der Waals surface area contributed by atoms with Crippen LogP contribution in [0.3, 0.4) is 0 Å². The van der Waals surface area contributed by atoms with E-state index in [1.165, 1.54) is 0 Å². The zero-order valence-corrected chi connectivity index (χ0v) is 15.5. The number of aromatic nitrogens is 2. The number of alkyl halides is 3. The molecule has 1 aliphatic heterocycles. The first-order valence-corrected chi connectivity index (χ1v) is 9.78. The molecule has 1 atom stereocenters. The van der Waals surface area contributed by atoms with E-state index >= 15 is 0 Å². The van der Waals surface area contributed by atoms with E-state index in [0.717, 1.165) is 51.0 Å². The number of hydrogen-bond donors (Lipinski definition) is 1. The van der Waals surface area contributed by atoms with E-state index in [1.807, 2.05) is 4.90 Å². The second kappa shape index (κ2) is 6.63. The molecule has 8 heteroatoms. The van der Waals surface area contributed by atoms with Gasteiger partial charge in [0.25, 0.3) is 0 Å². The van der Waals surface area contributed by atoms with Gasteiger partial charge in [0.05, 0.1) is 0 Å². The van der Waals surface area contributed by atoms with Crippen molar-refractivity contribution in [3.05, 3.63) is 17.5 Å². The average Bonchev–Trinajstić information content (AvgIpc) is 2.50. The van der Waals surface area contributed by atoms with Gasteiger partial charge in [0, 0.05) is 29.7 Å². The minimum Gasteiger partial charge on any atom is -0.353 e. The van der Waals surface area contributed by atoms with Crippen LogP contribution in [0.4, 0.5) is 19.1 Å². The maximum atomic E-state index is 13.2. The van der Waals surface area contributed by atoms with Crippen LogP contribution < -0.4 is 10.2 Å². The molecule has 1 N–H and O–H groups in total. The summed E-state index contributed by atoms with van der Waals surface area (Å²) < 4.78 is 39.5. The molecule has 2 saturated carbocycles. The van der Waals surface area contributed by atoms with Gasteiger partial charge in [0.2, 0.25) is 11.9 Å². The third-order valence-electron chi connectivity index (χ3n) is 6.38. The smallest absolute Gasteiger partial charge is 0.353 e. The van der Waals surface area contributed by atoms with Crippen molar-refractivity contribution >= 4 is 11.9 Å². The summed E-state index contributed by atoms with van der Waals surface area (Å²) in [7, 11) is 0. The molecule has 0 radical (unpaired) electrons. The van der Waals surface area contributed by atoms with Crippen molar-refractivity contribution < 1.29 is 18.0 Å². The fraction of sp³-hybridized carbons (Fsp3) is 0.737. The predicted octanol–water partition coefficient (Wildman–Crippen LogP) is 3.61. The molecule has 3 aliphatic rings. The molecule has 1 aromatic rings. The lowest BCUT2D eigenvalue weighted by atomic mass is 9.68. The predicted molar refractivity (Wildman–Crippen MR) is 94.2 cm³/mol. The van der Waals surface area contributed by atoms with Gasteiger partial charge in [-0.3, -0.25) is 4.79 Å². The van der Waals surface area contributed by atoms with Crippen molar-refractivity contribution in [3.8, 4) is 0 Å². The Morgan fingerprint density at radius 2 is 1.96 bits per heavy atom. The largest absolute Gasteiger partial charge is 0.433 e. The van der Waals surface area contributed by atoms with Gasteiger partial charge in [-0.05, 0) is 57.9 Å². The van der Waals surface area contributed by atoms with E-state index in [1.54, 1.807) is 6.92 Å². The van der Waals surface area contributed by atoms with E-state index in [0.29, 0.717) is 18.7 Å². The Kier molecular flexibility index (Phi) is 4.55. The van der Waals surface area contributed by atoms with Crippen LogP contribution in [0.25, 0.3) is 0 Å². The van der Waals surface area contributed by atoms with Crippen LogP contribution in [0.15, 0.2) is 6.07 Å². The number of piperidine rings is 1. The molecule has 5 nitrogen and oxygen atoms in total. The Balaban J connectivity index is 1.53. The summed E-state index contributed by atoms with van der Waals surface area (Å²) in [6, 6.07) is 1.07. The van der Waals surface area contributed by atoms with Crippen molar-refractivity contribution in [1.29, 1.82) is 0 Å². The summed E-state index contributed by atoms with van der Waals surface area (Å²) in [4.78, 5) is 22.4. The normalized spacial score (nSPS) is 25.0. The van der Waals surface area contributed by atoms with Gasteiger partial charge in [-0.1, -0.05) is 6.42 Å². The van der Waals surface area contributed by atoms with Crippen LogP contribution in [0.1, 0.15) is 62.8 Å². The molecule has 0 aromatic carbocycles. The Bertz CT molecular complexity index is 728. The number of carbonyl (C=O) groups excluding carboxylic acids is 1. The highest BCUT2D eigenvalue weighted by atomic mass is 19.4. The van der Waals surface area contributed by atoms with Gasteiger partial charge in [0.15, 0.2) is 0 Å². The van der Waals surface area contributed by atoms with Crippen molar-refractivity contribution in [2.24, 2.45) is 5.92 Å². The van der Waals surface area contributed by atoms with Crippen molar-refractivity contribution in [2.45, 2.75) is 76.0 Å². The SMILES string of the molecule is Cc1cc(C(F)(F)F)nc(N2CCC(NC(=O)C3CCC3)CC23CCC3)n1. The monoisotopic (exact) mass is 382 g/mol. The summed E-state index contributed by atoms with van der Waals surface area (Å²) in [6.07, 6.45) is 2.88.